The van der Waals surface area contributed by atoms with Gasteiger partial charge in [-0.05, 0) is 67.5 Å². The van der Waals surface area contributed by atoms with Crippen LogP contribution in [0.25, 0.3) is 0 Å². The van der Waals surface area contributed by atoms with E-state index in [9.17, 15) is 5.11 Å². The smallest absolute Gasteiger partial charge is 0.0993 e. The van der Waals surface area contributed by atoms with Gasteiger partial charge in [0.1, 0.15) is 0 Å². The Morgan fingerprint density at radius 1 is 1.05 bits per heavy atom. The zero-order valence-electron chi connectivity index (χ0n) is 13.0. The summed E-state index contributed by atoms with van der Waals surface area (Å²) in [6, 6.07) is 12.8. The second kappa shape index (κ2) is 5.53. The molecule has 2 nitrogen and oxygen atoms in total. The van der Waals surface area contributed by atoms with Crippen LogP contribution in [0.1, 0.15) is 40.3 Å². The minimum atomic E-state index is -0.461. The number of aliphatic hydroxyl groups excluding tert-OH is 1. The number of aryl methyl sites for hydroxylation is 4. The zero-order chi connectivity index (χ0) is 15.0. The molecule has 3 rings (SSSR count). The minimum absolute atomic E-state index is 0.0840. The van der Waals surface area contributed by atoms with E-state index in [1.165, 1.54) is 22.3 Å². The lowest BCUT2D eigenvalue weighted by Gasteiger charge is -2.31. The van der Waals surface area contributed by atoms with Gasteiger partial charge in [0.25, 0.3) is 0 Å². The quantitative estimate of drug-likeness (QED) is 0.869. The van der Waals surface area contributed by atoms with E-state index in [1.807, 2.05) is 6.07 Å². The van der Waals surface area contributed by atoms with Crippen molar-refractivity contribution >= 4 is 5.69 Å². The standard InChI is InChI=1S/C19H23NO/c1-12-10-14(3)16(11-13(12)2)19(21)18-9-8-15-6-4-5-7-17(15)20-18/h4-7,10-11,18-21H,8-9H2,1-3H3. The minimum Gasteiger partial charge on any atom is -0.386 e. The molecule has 2 unspecified atom stereocenters. The van der Waals surface area contributed by atoms with E-state index >= 15 is 0 Å². The number of nitrogens with one attached hydrogen (secondary N) is 1. The van der Waals surface area contributed by atoms with Gasteiger partial charge in [0.15, 0.2) is 0 Å². The maximum atomic E-state index is 10.8. The largest absolute Gasteiger partial charge is 0.386 e. The maximum Gasteiger partial charge on any atom is 0.0993 e. The van der Waals surface area contributed by atoms with Crippen LogP contribution in [-0.4, -0.2) is 11.1 Å². The Labute approximate surface area is 126 Å². The van der Waals surface area contributed by atoms with Crippen LogP contribution in [0.2, 0.25) is 0 Å². The third kappa shape index (κ3) is 2.68. The van der Waals surface area contributed by atoms with Crippen LogP contribution in [0.3, 0.4) is 0 Å². The van der Waals surface area contributed by atoms with Crippen molar-refractivity contribution in [2.75, 3.05) is 5.32 Å². The number of aliphatic hydroxyl groups is 1. The predicted octanol–water partition coefficient (Wildman–Crippen LogP) is 4.07. The van der Waals surface area contributed by atoms with Gasteiger partial charge in [-0.15, -0.1) is 0 Å². The first-order valence-electron chi connectivity index (χ1n) is 7.66. The highest BCUT2D eigenvalue weighted by atomic mass is 16.3. The summed E-state index contributed by atoms with van der Waals surface area (Å²) in [5.41, 5.74) is 7.25. The highest BCUT2D eigenvalue weighted by Gasteiger charge is 2.26. The maximum absolute atomic E-state index is 10.8. The molecule has 2 aromatic rings. The fourth-order valence-corrected chi connectivity index (χ4v) is 3.22. The molecule has 1 aliphatic heterocycles. The molecule has 2 atom stereocenters. The molecule has 1 aliphatic rings. The Balaban J connectivity index is 1.87. The third-order valence-corrected chi connectivity index (χ3v) is 4.67. The molecule has 21 heavy (non-hydrogen) atoms. The summed E-state index contributed by atoms with van der Waals surface area (Å²) in [7, 11) is 0. The second-order valence-electron chi connectivity index (χ2n) is 6.18. The van der Waals surface area contributed by atoms with Gasteiger partial charge >= 0.3 is 0 Å². The van der Waals surface area contributed by atoms with Crippen molar-refractivity contribution in [3.8, 4) is 0 Å². The molecule has 2 heteroatoms. The van der Waals surface area contributed by atoms with Crippen molar-refractivity contribution in [3.63, 3.8) is 0 Å². The van der Waals surface area contributed by atoms with E-state index in [0.29, 0.717) is 0 Å². The highest BCUT2D eigenvalue weighted by Crippen LogP contribution is 2.32. The topological polar surface area (TPSA) is 32.3 Å². The first-order chi connectivity index (χ1) is 10.1. The van der Waals surface area contributed by atoms with Crippen molar-refractivity contribution < 1.29 is 5.11 Å². The first-order valence-corrected chi connectivity index (χ1v) is 7.66. The van der Waals surface area contributed by atoms with Gasteiger partial charge in [-0.1, -0.05) is 30.3 Å². The van der Waals surface area contributed by atoms with E-state index in [2.05, 4.69) is 56.4 Å². The number of benzene rings is 2. The Bertz CT molecular complexity index is 663. The summed E-state index contributed by atoms with van der Waals surface area (Å²) >= 11 is 0. The Morgan fingerprint density at radius 2 is 1.76 bits per heavy atom. The zero-order valence-corrected chi connectivity index (χ0v) is 13.0. The van der Waals surface area contributed by atoms with Gasteiger partial charge in [0, 0.05) is 5.69 Å². The van der Waals surface area contributed by atoms with E-state index in [4.69, 9.17) is 0 Å². The lowest BCUT2D eigenvalue weighted by Crippen LogP contribution is -2.32. The molecule has 110 valence electrons. The van der Waals surface area contributed by atoms with Crippen molar-refractivity contribution in [2.24, 2.45) is 0 Å². The number of hydrogen-bond acceptors (Lipinski definition) is 2. The molecular weight excluding hydrogens is 258 g/mol. The average molecular weight is 281 g/mol. The van der Waals surface area contributed by atoms with Gasteiger partial charge < -0.3 is 10.4 Å². The number of para-hydroxylation sites is 1. The summed E-state index contributed by atoms with van der Waals surface area (Å²) in [4.78, 5) is 0. The number of rotatable bonds is 2. The molecule has 0 amide bonds. The predicted molar refractivity (Wildman–Crippen MR) is 87.8 cm³/mol. The lowest BCUT2D eigenvalue weighted by atomic mass is 9.88. The Morgan fingerprint density at radius 3 is 2.57 bits per heavy atom. The van der Waals surface area contributed by atoms with Gasteiger partial charge in [0.2, 0.25) is 0 Å². The molecule has 0 saturated heterocycles. The molecule has 2 N–H and O–H groups in total. The summed E-state index contributed by atoms with van der Waals surface area (Å²) in [6.07, 6.45) is 1.52. The van der Waals surface area contributed by atoms with Crippen LogP contribution in [0.5, 0.6) is 0 Å². The van der Waals surface area contributed by atoms with E-state index in [0.717, 1.165) is 24.1 Å². The van der Waals surface area contributed by atoms with E-state index in [1.54, 1.807) is 0 Å². The highest BCUT2D eigenvalue weighted by molar-refractivity contribution is 5.54. The lowest BCUT2D eigenvalue weighted by molar-refractivity contribution is 0.148. The number of hydrogen-bond donors (Lipinski definition) is 2. The number of anilines is 1. The van der Waals surface area contributed by atoms with E-state index < -0.39 is 6.10 Å². The molecule has 0 radical (unpaired) electrons. The van der Waals surface area contributed by atoms with Crippen LogP contribution < -0.4 is 5.32 Å². The van der Waals surface area contributed by atoms with E-state index in [-0.39, 0.29) is 6.04 Å². The molecule has 0 spiro atoms. The number of fused-ring (bicyclic) bond motifs is 1. The fraction of sp³-hybridized carbons (Fsp3) is 0.368. The van der Waals surface area contributed by atoms with Crippen molar-refractivity contribution in [1.29, 1.82) is 0 Å². The van der Waals surface area contributed by atoms with Crippen LogP contribution in [-0.2, 0) is 6.42 Å². The molecule has 0 fully saturated rings. The van der Waals surface area contributed by atoms with Crippen molar-refractivity contribution in [3.05, 3.63) is 64.2 Å². The first kappa shape index (κ1) is 14.2. The normalized spacial score (nSPS) is 18.8. The van der Waals surface area contributed by atoms with Crippen LogP contribution in [0.4, 0.5) is 5.69 Å². The molecule has 0 aromatic heterocycles. The van der Waals surface area contributed by atoms with Crippen LogP contribution >= 0.6 is 0 Å². The fourth-order valence-electron chi connectivity index (χ4n) is 3.22. The van der Waals surface area contributed by atoms with Crippen LogP contribution in [0.15, 0.2) is 36.4 Å². The summed E-state index contributed by atoms with van der Waals surface area (Å²) in [5, 5.41) is 14.3. The van der Waals surface area contributed by atoms with Gasteiger partial charge in [-0.3, -0.25) is 0 Å². The molecular formula is C19H23NO. The monoisotopic (exact) mass is 281 g/mol. The van der Waals surface area contributed by atoms with Gasteiger partial charge in [-0.25, -0.2) is 0 Å². The van der Waals surface area contributed by atoms with Crippen molar-refractivity contribution in [1.82, 2.24) is 0 Å². The molecule has 0 bridgehead atoms. The molecule has 2 aromatic carbocycles. The Kier molecular flexibility index (Phi) is 3.73. The molecule has 0 saturated carbocycles. The van der Waals surface area contributed by atoms with Crippen molar-refractivity contribution in [2.45, 2.75) is 45.8 Å². The Hall–Kier alpha value is -1.80. The average Bonchev–Trinajstić information content (AvgIpc) is 2.50. The van der Waals surface area contributed by atoms with Gasteiger partial charge in [-0.2, -0.15) is 0 Å². The van der Waals surface area contributed by atoms with Crippen LogP contribution in [0, 0.1) is 20.8 Å². The summed E-state index contributed by atoms with van der Waals surface area (Å²) < 4.78 is 0. The second-order valence-corrected chi connectivity index (χ2v) is 6.18. The SMILES string of the molecule is Cc1cc(C)c(C(O)C2CCc3ccccc3N2)cc1C. The summed E-state index contributed by atoms with van der Waals surface area (Å²) in [6.45, 7) is 6.31. The summed E-state index contributed by atoms with van der Waals surface area (Å²) in [5.74, 6) is 0. The molecule has 1 heterocycles. The molecule has 0 aliphatic carbocycles. The third-order valence-electron chi connectivity index (χ3n) is 4.67. The van der Waals surface area contributed by atoms with Gasteiger partial charge in [0.05, 0.1) is 12.1 Å².